The average Bonchev–Trinajstić information content (AvgIpc) is 2.51. The van der Waals surface area contributed by atoms with Crippen LogP contribution in [0.1, 0.15) is 13.8 Å². The van der Waals surface area contributed by atoms with Crippen molar-refractivity contribution in [2.75, 3.05) is 18.0 Å². The molecule has 0 aliphatic carbocycles. The van der Waals surface area contributed by atoms with Gasteiger partial charge in [-0.25, -0.2) is 0 Å². The summed E-state index contributed by atoms with van der Waals surface area (Å²) in [6.07, 6.45) is 0. The quantitative estimate of drug-likeness (QED) is 0.597. The normalized spacial score (nSPS) is 11.0. The van der Waals surface area contributed by atoms with Crippen LogP contribution in [0.15, 0.2) is 52.7 Å². The molecule has 0 saturated carbocycles. The number of nitrogens with zero attached hydrogens (tertiary/aromatic N) is 3. The SMILES string of the molecule is CCN(CC)c1ccc(N=Nc2cccc(Cl)c2Cl)cc1. The molecule has 5 heteroatoms. The van der Waals surface area contributed by atoms with Gasteiger partial charge in [0, 0.05) is 18.8 Å². The third kappa shape index (κ3) is 3.96. The van der Waals surface area contributed by atoms with Crippen LogP contribution in [0.25, 0.3) is 0 Å². The fourth-order valence-corrected chi connectivity index (χ4v) is 2.33. The van der Waals surface area contributed by atoms with Crippen LogP contribution in [0.4, 0.5) is 17.1 Å². The van der Waals surface area contributed by atoms with Gasteiger partial charge in [0.1, 0.15) is 5.69 Å². The monoisotopic (exact) mass is 321 g/mol. The smallest absolute Gasteiger partial charge is 0.106 e. The van der Waals surface area contributed by atoms with Crippen LogP contribution < -0.4 is 4.90 Å². The maximum Gasteiger partial charge on any atom is 0.106 e. The summed E-state index contributed by atoms with van der Waals surface area (Å²) < 4.78 is 0. The number of hydrogen-bond acceptors (Lipinski definition) is 3. The van der Waals surface area contributed by atoms with Crippen LogP contribution in [0.5, 0.6) is 0 Å². The second-order valence-electron chi connectivity index (χ2n) is 4.46. The second kappa shape index (κ2) is 7.43. The Morgan fingerprint density at radius 2 is 1.57 bits per heavy atom. The number of azo groups is 1. The molecule has 0 aliphatic rings. The van der Waals surface area contributed by atoms with Gasteiger partial charge >= 0.3 is 0 Å². The summed E-state index contributed by atoms with van der Waals surface area (Å²) >= 11 is 12.0. The fraction of sp³-hybridized carbons (Fsp3) is 0.250. The van der Waals surface area contributed by atoms with E-state index in [0.717, 1.165) is 18.8 Å². The predicted octanol–water partition coefficient (Wildman–Crippen LogP) is 6.26. The molecule has 0 fully saturated rings. The summed E-state index contributed by atoms with van der Waals surface area (Å²) in [6, 6.07) is 13.3. The van der Waals surface area contributed by atoms with Crippen molar-refractivity contribution in [2.45, 2.75) is 13.8 Å². The molecule has 110 valence electrons. The lowest BCUT2D eigenvalue weighted by Crippen LogP contribution is -2.21. The molecule has 0 aliphatic heterocycles. The molecule has 0 saturated heterocycles. The summed E-state index contributed by atoms with van der Waals surface area (Å²) in [4.78, 5) is 2.27. The first-order chi connectivity index (χ1) is 10.2. The molecule has 0 radical (unpaired) electrons. The predicted molar refractivity (Wildman–Crippen MR) is 90.6 cm³/mol. The van der Waals surface area contributed by atoms with Gasteiger partial charge in [-0.3, -0.25) is 0 Å². The molecular weight excluding hydrogens is 305 g/mol. The lowest BCUT2D eigenvalue weighted by Gasteiger charge is -2.20. The lowest BCUT2D eigenvalue weighted by molar-refractivity contribution is 0.866. The molecular formula is C16H17Cl2N3. The van der Waals surface area contributed by atoms with Gasteiger partial charge in [0.05, 0.1) is 15.7 Å². The molecule has 0 heterocycles. The van der Waals surface area contributed by atoms with Gasteiger partial charge in [0.25, 0.3) is 0 Å². The van der Waals surface area contributed by atoms with E-state index in [1.807, 2.05) is 24.3 Å². The maximum atomic E-state index is 6.07. The van der Waals surface area contributed by atoms with E-state index in [2.05, 4.69) is 29.0 Å². The van der Waals surface area contributed by atoms with Gasteiger partial charge in [0.2, 0.25) is 0 Å². The third-order valence-electron chi connectivity index (χ3n) is 3.18. The average molecular weight is 322 g/mol. The minimum atomic E-state index is 0.419. The molecule has 3 nitrogen and oxygen atoms in total. The molecule has 2 rings (SSSR count). The van der Waals surface area contributed by atoms with Gasteiger partial charge in [-0.05, 0) is 50.2 Å². The molecule has 2 aromatic rings. The van der Waals surface area contributed by atoms with Crippen LogP contribution in [0, 0.1) is 0 Å². The highest BCUT2D eigenvalue weighted by molar-refractivity contribution is 6.43. The zero-order valence-corrected chi connectivity index (χ0v) is 13.6. The van der Waals surface area contributed by atoms with Gasteiger partial charge in [-0.1, -0.05) is 29.3 Å². The van der Waals surface area contributed by atoms with Gasteiger partial charge < -0.3 is 4.90 Å². The topological polar surface area (TPSA) is 28.0 Å². The minimum absolute atomic E-state index is 0.419. The summed E-state index contributed by atoms with van der Waals surface area (Å²) in [7, 11) is 0. The van der Waals surface area contributed by atoms with E-state index in [1.165, 1.54) is 5.69 Å². The molecule has 0 bridgehead atoms. The van der Waals surface area contributed by atoms with Gasteiger partial charge in [-0.2, -0.15) is 5.11 Å². The highest BCUT2D eigenvalue weighted by Crippen LogP contribution is 2.32. The highest BCUT2D eigenvalue weighted by atomic mass is 35.5. The van der Waals surface area contributed by atoms with Crippen molar-refractivity contribution in [3.05, 3.63) is 52.5 Å². The van der Waals surface area contributed by atoms with Crippen LogP contribution in [-0.4, -0.2) is 13.1 Å². The molecule has 0 amide bonds. The van der Waals surface area contributed by atoms with Crippen molar-refractivity contribution in [2.24, 2.45) is 10.2 Å². The molecule has 0 spiro atoms. The fourth-order valence-electron chi connectivity index (χ4n) is 2.00. The third-order valence-corrected chi connectivity index (χ3v) is 3.99. The summed E-state index contributed by atoms with van der Waals surface area (Å²) in [5, 5.41) is 9.24. The van der Waals surface area contributed by atoms with Crippen LogP contribution >= 0.6 is 23.2 Å². The Morgan fingerprint density at radius 1 is 0.905 bits per heavy atom. The summed E-state index contributed by atoms with van der Waals surface area (Å²) in [6.45, 7) is 6.24. The molecule has 0 atom stereocenters. The Kier molecular flexibility index (Phi) is 5.59. The Bertz CT molecular complexity index is 620. The largest absolute Gasteiger partial charge is 0.372 e. The standard InChI is InChI=1S/C16H17Cl2N3/c1-3-21(4-2)13-10-8-12(9-11-13)19-20-15-7-5-6-14(17)16(15)18/h5-11H,3-4H2,1-2H3. The molecule has 21 heavy (non-hydrogen) atoms. The Balaban J connectivity index is 2.16. The van der Waals surface area contributed by atoms with Crippen LogP contribution in [-0.2, 0) is 0 Å². The van der Waals surface area contributed by atoms with E-state index < -0.39 is 0 Å². The number of hydrogen-bond donors (Lipinski definition) is 0. The second-order valence-corrected chi connectivity index (χ2v) is 5.25. The maximum absolute atomic E-state index is 6.07. The number of anilines is 1. The van der Waals surface area contributed by atoms with E-state index in [9.17, 15) is 0 Å². The Hall–Kier alpha value is -1.58. The molecule has 0 aromatic heterocycles. The van der Waals surface area contributed by atoms with E-state index in [0.29, 0.717) is 15.7 Å². The Morgan fingerprint density at radius 3 is 2.19 bits per heavy atom. The van der Waals surface area contributed by atoms with Crippen molar-refractivity contribution < 1.29 is 0 Å². The first-order valence-corrected chi connectivity index (χ1v) is 7.62. The zero-order chi connectivity index (χ0) is 15.2. The summed E-state index contributed by atoms with van der Waals surface area (Å²) in [5.74, 6) is 0. The van der Waals surface area contributed by atoms with Crippen LogP contribution in [0.2, 0.25) is 10.0 Å². The van der Waals surface area contributed by atoms with Crippen molar-refractivity contribution in [3.8, 4) is 0 Å². The van der Waals surface area contributed by atoms with E-state index in [1.54, 1.807) is 18.2 Å². The molecule has 0 unspecified atom stereocenters. The first kappa shape index (κ1) is 15.8. The van der Waals surface area contributed by atoms with E-state index in [4.69, 9.17) is 23.2 Å². The number of halogens is 2. The number of benzene rings is 2. The van der Waals surface area contributed by atoms with Gasteiger partial charge in [-0.15, -0.1) is 5.11 Å². The summed E-state index contributed by atoms with van der Waals surface area (Å²) in [5.41, 5.74) is 2.53. The zero-order valence-electron chi connectivity index (χ0n) is 12.1. The van der Waals surface area contributed by atoms with Crippen LogP contribution in [0.3, 0.4) is 0 Å². The number of rotatable bonds is 5. The minimum Gasteiger partial charge on any atom is -0.372 e. The molecule has 0 N–H and O–H groups in total. The lowest BCUT2D eigenvalue weighted by atomic mass is 10.2. The van der Waals surface area contributed by atoms with Crippen molar-refractivity contribution in [3.63, 3.8) is 0 Å². The first-order valence-electron chi connectivity index (χ1n) is 6.86. The van der Waals surface area contributed by atoms with Crippen molar-refractivity contribution in [1.82, 2.24) is 0 Å². The van der Waals surface area contributed by atoms with Crippen molar-refractivity contribution in [1.29, 1.82) is 0 Å². The van der Waals surface area contributed by atoms with Gasteiger partial charge in [0.15, 0.2) is 0 Å². The van der Waals surface area contributed by atoms with E-state index >= 15 is 0 Å². The highest BCUT2D eigenvalue weighted by Gasteiger charge is 2.03. The van der Waals surface area contributed by atoms with E-state index in [-0.39, 0.29) is 0 Å². The molecule has 2 aromatic carbocycles. The van der Waals surface area contributed by atoms with Crippen molar-refractivity contribution >= 4 is 40.3 Å². The Labute approximate surface area is 135 Å².